The quantitative estimate of drug-likeness (QED) is 0.617. The molecule has 1 aliphatic heterocycles. The van der Waals surface area contributed by atoms with Crippen LogP contribution in [0.3, 0.4) is 0 Å². The maximum absolute atomic E-state index is 15.0. The molecule has 188 valence electrons. The Labute approximate surface area is 206 Å². The van der Waals surface area contributed by atoms with Gasteiger partial charge in [-0.1, -0.05) is 25.0 Å². The van der Waals surface area contributed by atoms with Gasteiger partial charge in [-0.15, -0.1) is 0 Å². The summed E-state index contributed by atoms with van der Waals surface area (Å²) in [5.74, 6) is 0.882. The first kappa shape index (κ1) is 22.4. The van der Waals surface area contributed by atoms with Gasteiger partial charge in [0.2, 0.25) is 10.0 Å². The van der Waals surface area contributed by atoms with Crippen LogP contribution in [0, 0.1) is 29.0 Å². The van der Waals surface area contributed by atoms with Crippen molar-refractivity contribution in [3.05, 3.63) is 42.1 Å². The van der Waals surface area contributed by atoms with Gasteiger partial charge in [0, 0.05) is 17.2 Å². The van der Waals surface area contributed by atoms with Crippen molar-refractivity contribution in [2.75, 3.05) is 0 Å². The van der Waals surface area contributed by atoms with Gasteiger partial charge >= 0.3 is 0 Å². The second-order valence-electron chi connectivity index (χ2n) is 12.1. The number of benzene rings is 1. The highest BCUT2D eigenvalue weighted by molar-refractivity contribution is 7.90. The first-order valence-corrected chi connectivity index (χ1v) is 14.9. The van der Waals surface area contributed by atoms with E-state index in [0.717, 1.165) is 69.0 Å². The Balaban J connectivity index is 1.13. The average molecular weight is 500 g/mol. The lowest BCUT2D eigenvalue weighted by atomic mass is 9.46. The maximum Gasteiger partial charge on any atom is 0.214 e. The van der Waals surface area contributed by atoms with Crippen molar-refractivity contribution < 1.29 is 17.9 Å². The van der Waals surface area contributed by atoms with Crippen molar-refractivity contribution in [2.45, 2.75) is 87.6 Å². The fourth-order valence-corrected chi connectivity index (χ4v) is 10.8. The molecule has 2 heterocycles. The normalized spacial score (nSPS) is 36.5. The van der Waals surface area contributed by atoms with Crippen molar-refractivity contribution in [3.8, 4) is 11.3 Å². The van der Waals surface area contributed by atoms with Gasteiger partial charge in [-0.05, 0) is 80.6 Å². The molecule has 6 aliphatic rings. The molecule has 4 unspecified atom stereocenters. The van der Waals surface area contributed by atoms with E-state index in [9.17, 15) is 17.9 Å². The minimum Gasteiger partial charge on any atom is -0.392 e. The molecular formula is C27H34FN3O3S. The molecule has 0 spiro atoms. The molecule has 1 aromatic carbocycles. The maximum atomic E-state index is 15.0. The van der Waals surface area contributed by atoms with Crippen LogP contribution in [0.5, 0.6) is 0 Å². The number of nitrogens with zero attached hydrogens (tertiary/aromatic N) is 2. The van der Waals surface area contributed by atoms with Gasteiger partial charge in [-0.2, -0.15) is 0 Å². The highest BCUT2D eigenvalue weighted by Crippen LogP contribution is 2.62. The van der Waals surface area contributed by atoms with Crippen molar-refractivity contribution in [2.24, 2.45) is 23.2 Å². The van der Waals surface area contributed by atoms with Gasteiger partial charge in [0.05, 0.1) is 35.6 Å². The van der Waals surface area contributed by atoms with Crippen LogP contribution >= 0.6 is 0 Å². The number of fused-ring (bicyclic) bond motifs is 3. The number of hydrogen-bond acceptors (Lipinski definition) is 4. The number of sulfonamides is 1. The summed E-state index contributed by atoms with van der Waals surface area (Å²) in [6.07, 6.45) is 11.8. The van der Waals surface area contributed by atoms with E-state index in [0.29, 0.717) is 17.9 Å². The second-order valence-corrected chi connectivity index (χ2v) is 14.1. The third-order valence-electron chi connectivity index (χ3n) is 10.2. The summed E-state index contributed by atoms with van der Waals surface area (Å²) in [7, 11) is -3.29. The molecule has 4 atom stereocenters. The molecule has 2 N–H and O–H groups in total. The lowest BCUT2D eigenvalue weighted by Gasteiger charge is -2.61. The van der Waals surface area contributed by atoms with Gasteiger partial charge in [0.15, 0.2) is 0 Å². The highest BCUT2D eigenvalue weighted by Gasteiger charge is 2.59. The minimum atomic E-state index is -3.29. The molecule has 0 radical (unpaired) electrons. The van der Waals surface area contributed by atoms with E-state index in [1.807, 2.05) is 10.6 Å². The Hall–Kier alpha value is -1.77. The van der Waals surface area contributed by atoms with E-state index in [2.05, 4.69) is 9.71 Å². The number of imidazole rings is 1. The van der Waals surface area contributed by atoms with E-state index in [4.69, 9.17) is 0 Å². The first-order valence-electron chi connectivity index (χ1n) is 13.3. The third kappa shape index (κ3) is 3.39. The number of halogens is 1. The molecule has 0 amide bonds. The molecule has 5 aliphatic carbocycles. The highest BCUT2D eigenvalue weighted by atomic mass is 32.2. The monoisotopic (exact) mass is 499 g/mol. The summed E-state index contributed by atoms with van der Waals surface area (Å²) in [5.41, 5.74) is 2.23. The third-order valence-corrected chi connectivity index (χ3v) is 12.1. The number of aliphatic hydroxyl groups excluding tert-OH is 1. The molecule has 5 fully saturated rings. The molecule has 2 aromatic rings. The zero-order valence-electron chi connectivity index (χ0n) is 19.9. The lowest BCUT2D eigenvalue weighted by Crippen LogP contribution is -2.62. The smallest absolute Gasteiger partial charge is 0.214 e. The molecule has 8 heteroatoms. The van der Waals surface area contributed by atoms with Crippen LogP contribution in [0.15, 0.2) is 30.7 Å². The predicted octanol–water partition coefficient (Wildman–Crippen LogP) is 4.40. The molecule has 35 heavy (non-hydrogen) atoms. The Kier molecular flexibility index (Phi) is 5.04. The molecule has 5 saturated carbocycles. The molecule has 8 rings (SSSR count). The molecule has 6 nitrogen and oxygen atoms in total. The SMILES string of the molecule is O=S(=O)(NC1C2CC3CC1CC(C(O)CC1c4c(F)cccc4-c4cncn41)(C3)C2)C1CCCC1. The molecule has 1 aromatic heterocycles. The van der Waals surface area contributed by atoms with Crippen LogP contribution in [0.2, 0.25) is 0 Å². The molecule has 0 saturated heterocycles. The van der Waals surface area contributed by atoms with Crippen LogP contribution in [-0.2, 0) is 10.0 Å². The summed E-state index contributed by atoms with van der Waals surface area (Å²) in [6.45, 7) is 0. The van der Waals surface area contributed by atoms with Crippen LogP contribution in [-0.4, -0.2) is 40.5 Å². The zero-order valence-corrected chi connectivity index (χ0v) is 20.8. The van der Waals surface area contributed by atoms with Crippen molar-refractivity contribution >= 4 is 10.0 Å². The zero-order chi connectivity index (χ0) is 23.9. The summed E-state index contributed by atoms with van der Waals surface area (Å²) in [4.78, 5) is 4.29. The predicted molar refractivity (Wildman–Crippen MR) is 130 cm³/mol. The van der Waals surface area contributed by atoms with E-state index in [1.165, 1.54) is 6.07 Å². The Morgan fingerprint density at radius 1 is 1.17 bits per heavy atom. The van der Waals surface area contributed by atoms with Crippen LogP contribution in [0.25, 0.3) is 11.3 Å². The summed E-state index contributed by atoms with van der Waals surface area (Å²) < 4.78 is 46.3. The first-order chi connectivity index (χ1) is 16.8. The summed E-state index contributed by atoms with van der Waals surface area (Å²) >= 11 is 0. The van der Waals surface area contributed by atoms with Gasteiger partial charge in [0.25, 0.3) is 0 Å². The topological polar surface area (TPSA) is 84.2 Å². The van der Waals surface area contributed by atoms with Gasteiger partial charge in [-0.25, -0.2) is 22.5 Å². The number of aromatic nitrogens is 2. The van der Waals surface area contributed by atoms with E-state index in [-0.39, 0.29) is 40.4 Å². The standard InChI is InChI=1S/C27H34FN3O3S/c28-21-7-3-6-20-23-14-29-15-31(23)22(25(20)21)10-24(32)27-11-16-8-17(12-27)26(18(9-16)13-27)30-35(33,34)19-4-1-2-5-19/h3,6-7,14-19,22,24,26,30,32H,1-2,4-5,8-13H2. The number of nitrogens with one attached hydrogen (secondary N) is 1. The van der Waals surface area contributed by atoms with E-state index < -0.39 is 16.1 Å². The average Bonchev–Trinajstić information content (AvgIpc) is 3.56. The van der Waals surface area contributed by atoms with Crippen molar-refractivity contribution in [3.63, 3.8) is 0 Å². The van der Waals surface area contributed by atoms with Crippen molar-refractivity contribution in [1.29, 1.82) is 0 Å². The number of rotatable bonds is 6. The van der Waals surface area contributed by atoms with Crippen LogP contribution < -0.4 is 4.72 Å². The second kappa shape index (κ2) is 7.86. The molecular weight excluding hydrogens is 465 g/mol. The number of hydrogen-bond donors (Lipinski definition) is 2. The fourth-order valence-electron chi connectivity index (χ4n) is 8.86. The Morgan fingerprint density at radius 2 is 1.91 bits per heavy atom. The number of aliphatic hydroxyl groups is 1. The lowest BCUT2D eigenvalue weighted by molar-refractivity contribution is -0.134. The minimum absolute atomic E-state index is 0.00220. The van der Waals surface area contributed by atoms with E-state index in [1.54, 1.807) is 18.6 Å². The fraction of sp³-hybridized carbons (Fsp3) is 0.667. The summed E-state index contributed by atoms with van der Waals surface area (Å²) in [5, 5.41) is 11.5. The van der Waals surface area contributed by atoms with Gasteiger partial charge in [0.1, 0.15) is 5.82 Å². The van der Waals surface area contributed by atoms with Crippen LogP contribution in [0.4, 0.5) is 4.39 Å². The summed E-state index contributed by atoms with van der Waals surface area (Å²) in [6, 6.07) is 4.91. The Morgan fingerprint density at radius 3 is 2.66 bits per heavy atom. The Bertz CT molecular complexity index is 1240. The van der Waals surface area contributed by atoms with Gasteiger partial charge in [-0.3, -0.25) is 0 Å². The molecule has 4 bridgehead atoms. The van der Waals surface area contributed by atoms with E-state index >= 15 is 0 Å². The van der Waals surface area contributed by atoms with Crippen molar-refractivity contribution in [1.82, 2.24) is 14.3 Å². The van der Waals surface area contributed by atoms with Crippen LogP contribution in [0.1, 0.15) is 75.8 Å². The largest absolute Gasteiger partial charge is 0.392 e. The van der Waals surface area contributed by atoms with Gasteiger partial charge < -0.3 is 9.67 Å².